The van der Waals surface area contributed by atoms with Crippen LogP contribution in [0.1, 0.15) is 6.92 Å². The van der Waals surface area contributed by atoms with Crippen molar-refractivity contribution in [3.8, 4) is 5.75 Å². The minimum atomic E-state index is -0.591. The lowest BCUT2D eigenvalue weighted by Gasteiger charge is -2.27. The molecule has 0 aromatic heterocycles. The van der Waals surface area contributed by atoms with Crippen LogP contribution in [0.5, 0.6) is 5.75 Å². The van der Waals surface area contributed by atoms with Crippen molar-refractivity contribution in [2.45, 2.75) is 6.92 Å². The van der Waals surface area contributed by atoms with Gasteiger partial charge in [-0.25, -0.2) is 4.79 Å². The van der Waals surface area contributed by atoms with Gasteiger partial charge in [0.25, 0.3) is 0 Å². The molecular formula is C14H15ClN2O6. The zero-order chi connectivity index (χ0) is 16.8. The maximum Gasteiger partial charge on any atom is 0.410 e. The molecule has 23 heavy (non-hydrogen) atoms. The van der Waals surface area contributed by atoms with E-state index >= 15 is 0 Å². The van der Waals surface area contributed by atoms with Gasteiger partial charge in [0, 0.05) is 11.1 Å². The molecule has 1 saturated heterocycles. The molecule has 2 rings (SSSR count). The number of benzene rings is 1. The third kappa shape index (κ3) is 4.49. The maximum atomic E-state index is 11.7. The Hall–Kier alpha value is -2.48. The molecule has 0 spiro atoms. The van der Waals surface area contributed by atoms with Gasteiger partial charge in [0.1, 0.15) is 12.9 Å². The maximum absolute atomic E-state index is 11.7. The molecule has 0 N–H and O–H groups in total. The number of carbonyl (C=O) groups is 1. The Morgan fingerprint density at radius 3 is 3.04 bits per heavy atom. The predicted molar refractivity (Wildman–Crippen MR) is 81.4 cm³/mol. The van der Waals surface area contributed by atoms with E-state index in [1.807, 2.05) is 0 Å². The van der Waals surface area contributed by atoms with Crippen LogP contribution in [0.4, 0.5) is 10.5 Å². The summed E-state index contributed by atoms with van der Waals surface area (Å²) in [7, 11) is 0. The minimum absolute atomic E-state index is 0.0313. The summed E-state index contributed by atoms with van der Waals surface area (Å²) >= 11 is 5.74. The summed E-state index contributed by atoms with van der Waals surface area (Å²) in [5.74, 6) is 0.400. The van der Waals surface area contributed by atoms with Crippen molar-refractivity contribution in [2.75, 3.05) is 26.3 Å². The number of morpholine rings is 1. The second kappa shape index (κ2) is 7.68. The van der Waals surface area contributed by atoms with Crippen LogP contribution in [0, 0.1) is 10.1 Å². The molecule has 0 aliphatic carbocycles. The Bertz CT molecular complexity index is 634. The Kier molecular flexibility index (Phi) is 5.64. The highest BCUT2D eigenvalue weighted by Crippen LogP contribution is 2.30. The topological polar surface area (TPSA) is 91.1 Å². The normalized spacial score (nSPS) is 15.9. The number of nitrogens with zero attached hydrogens (tertiary/aromatic N) is 2. The second-order valence-corrected chi connectivity index (χ2v) is 4.98. The Morgan fingerprint density at radius 1 is 1.57 bits per heavy atom. The van der Waals surface area contributed by atoms with Crippen LogP contribution in [-0.2, 0) is 9.47 Å². The molecule has 0 bridgehead atoms. The molecule has 1 fully saturated rings. The monoisotopic (exact) mass is 342 g/mol. The molecule has 1 aromatic carbocycles. The number of hydrogen-bond acceptors (Lipinski definition) is 6. The SMILES string of the molecule is CCOC(=O)N1CCO/C(=C\Oc2ccc(Cl)cc2[N+](=O)[O-])C1. The van der Waals surface area contributed by atoms with Gasteiger partial charge < -0.3 is 14.2 Å². The molecule has 124 valence electrons. The number of nitro groups is 1. The largest absolute Gasteiger partial charge is 0.491 e. The fourth-order valence-electron chi connectivity index (χ4n) is 1.90. The lowest BCUT2D eigenvalue weighted by molar-refractivity contribution is -0.385. The Morgan fingerprint density at radius 2 is 2.35 bits per heavy atom. The molecule has 8 nitrogen and oxygen atoms in total. The van der Waals surface area contributed by atoms with E-state index in [1.54, 1.807) is 6.92 Å². The van der Waals surface area contributed by atoms with E-state index in [9.17, 15) is 14.9 Å². The third-order valence-corrected chi connectivity index (χ3v) is 3.19. The quantitative estimate of drug-likeness (QED) is 0.474. The van der Waals surface area contributed by atoms with Crippen molar-refractivity contribution >= 4 is 23.4 Å². The zero-order valence-electron chi connectivity index (χ0n) is 12.4. The number of carbonyl (C=O) groups excluding carboxylic acids is 1. The standard InChI is InChI=1S/C14H15ClN2O6/c1-2-21-14(18)16-5-6-22-11(8-16)9-23-13-4-3-10(15)7-12(13)17(19)20/h3-4,7,9H,2,5-6,8H2,1H3/b11-9-. The number of halogens is 1. The fraction of sp³-hybridized carbons (Fsp3) is 0.357. The van der Waals surface area contributed by atoms with Crippen LogP contribution in [0.15, 0.2) is 30.2 Å². The van der Waals surface area contributed by atoms with Crippen LogP contribution >= 0.6 is 11.6 Å². The van der Waals surface area contributed by atoms with Gasteiger partial charge in [-0.05, 0) is 19.1 Å². The van der Waals surface area contributed by atoms with Gasteiger partial charge in [-0.1, -0.05) is 11.6 Å². The fourth-order valence-corrected chi connectivity index (χ4v) is 2.07. The van der Waals surface area contributed by atoms with E-state index in [0.717, 1.165) is 0 Å². The number of ether oxygens (including phenoxy) is 3. The van der Waals surface area contributed by atoms with Gasteiger partial charge in [-0.15, -0.1) is 0 Å². The van der Waals surface area contributed by atoms with E-state index in [4.69, 9.17) is 25.8 Å². The lowest BCUT2D eigenvalue weighted by Crippen LogP contribution is -2.40. The van der Waals surface area contributed by atoms with Gasteiger partial charge in [0.15, 0.2) is 5.76 Å². The molecule has 0 saturated carbocycles. The summed E-state index contributed by atoms with van der Waals surface area (Å²) in [6.07, 6.45) is 0.793. The van der Waals surface area contributed by atoms with Crippen molar-refractivity contribution < 1.29 is 23.9 Å². The average Bonchev–Trinajstić information content (AvgIpc) is 2.54. The molecule has 1 aromatic rings. The van der Waals surface area contributed by atoms with E-state index in [2.05, 4.69) is 0 Å². The van der Waals surface area contributed by atoms with Crippen molar-refractivity contribution in [3.05, 3.63) is 45.4 Å². The predicted octanol–water partition coefficient (Wildman–Crippen LogP) is 2.96. The number of hydrogen-bond donors (Lipinski definition) is 0. The Labute approximate surface area is 137 Å². The summed E-state index contributed by atoms with van der Waals surface area (Å²) in [4.78, 5) is 23.5. The highest BCUT2D eigenvalue weighted by atomic mass is 35.5. The van der Waals surface area contributed by atoms with Gasteiger partial charge >= 0.3 is 11.8 Å². The van der Waals surface area contributed by atoms with Crippen molar-refractivity contribution in [3.63, 3.8) is 0 Å². The molecular weight excluding hydrogens is 328 g/mol. The average molecular weight is 343 g/mol. The van der Waals surface area contributed by atoms with E-state index in [-0.39, 0.29) is 36.2 Å². The second-order valence-electron chi connectivity index (χ2n) is 4.54. The van der Waals surface area contributed by atoms with Crippen LogP contribution < -0.4 is 4.74 Å². The highest BCUT2D eigenvalue weighted by Gasteiger charge is 2.22. The molecule has 1 amide bonds. The number of nitro benzene ring substituents is 1. The van der Waals surface area contributed by atoms with Gasteiger partial charge in [-0.3, -0.25) is 15.0 Å². The first-order chi connectivity index (χ1) is 11.0. The molecule has 1 aliphatic rings. The van der Waals surface area contributed by atoms with Gasteiger partial charge in [-0.2, -0.15) is 0 Å². The summed E-state index contributed by atoms with van der Waals surface area (Å²) in [5, 5.41) is 11.2. The van der Waals surface area contributed by atoms with Crippen LogP contribution in [0.2, 0.25) is 5.02 Å². The van der Waals surface area contributed by atoms with E-state index < -0.39 is 11.0 Å². The summed E-state index contributed by atoms with van der Waals surface area (Å²) in [6.45, 7) is 2.86. The molecule has 0 unspecified atom stereocenters. The smallest absolute Gasteiger partial charge is 0.410 e. The first kappa shape index (κ1) is 16.9. The lowest BCUT2D eigenvalue weighted by atomic mass is 10.3. The van der Waals surface area contributed by atoms with Crippen molar-refractivity contribution in [1.29, 1.82) is 0 Å². The van der Waals surface area contributed by atoms with Crippen LogP contribution in [0.25, 0.3) is 0 Å². The number of amides is 1. The summed E-state index contributed by atoms with van der Waals surface area (Å²) < 4.78 is 15.6. The first-order valence-electron chi connectivity index (χ1n) is 6.85. The summed E-state index contributed by atoms with van der Waals surface area (Å²) in [5.41, 5.74) is -0.257. The molecule has 1 aliphatic heterocycles. The molecule has 1 heterocycles. The first-order valence-corrected chi connectivity index (χ1v) is 7.23. The van der Waals surface area contributed by atoms with Crippen molar-refractivity contribution in [2.24, 2.45) is 0 Å². The van der Waals surface area contributed by atoms with E-state index in [1.165, 1.54) is 29.4 Å². The molecule has 9 heteroatoms. The Balaban J connectivity index is 2.08. The highest BCUT2D eigenvalue weighted by molar-refractivity contribution is 6.30. The summed E-state index contributed by atoms with van der Waals surface area (Å²) in [6, 6.07) is 4.07. The van der Waals surface area contributed by atoms with E-state index in [0.29, 0.717) is 12.3 Å². The molecule has 0 atom stereocenters. The van der Waals surface area contributed by atoms with Crippen LogP contribution in [-0.4, -0.2) is 42.2 Å². The zero-order valence-corrected chi connectivity index (χ0v) is 13.1. The third-order valence-electron chi connectivity index (χ3n) is 2.96. The van der Waals surface area contributed by atoms with Crippen molar-refractivity contribution in [1.82, 2.24) is 4.90 Å². The minimum Gasteiger partial charge on any atom is -0.491 e. The van der Waals surface area contributed by atoms with Crippen LogP contribution in [0.3, 0.4) is 0 Å². The molecule has 0 radical (unpaired) electrons. The van der Waals surface area contributed by atoms with Gasteiger partial charge in [0.05, 0.1) is 24.6 Å². The van der Waals surface area contributed by atoms with Gasteiger partial charge in [0.2, 0.25) is 5.75 Å². The number of rotatable bonds is 4.